The molecule has 10 nitrogen and oxygen atoms in total. The highest BCUT2D eigenvalue weighted by Crippen LogP contribution is 2.37. The van der Waals surface area contributed by atoms with Gasteiger partial charge in [-0.15, -0.1) is 11.3 Å². The van der Waals surface area contributed by atoms with E-state index in [1.54, 1.807) is 17.7 Å². The summed E-state index contributed by atoms with van der Waals surface area (Å²) in [6.45, 7) is 2.96. The second-order valence-corrected chi connectivity index (χ2v) is 11.0. The Labute approximate surface area is 220 Å². The maximum absolute atomic E-state index is 12.7. The average molecular weight is 566 g/mol. The lowest BCUT2D eigenvalue weighted by Gasteiger charge is -2.53. The van der Waals surface area contributed by atoms with Crippen molar-refractivity contribution in [3.05, 3.63) is 46.2 Å². The predicted molar refractivity (Wildman–Crippen MR) is 141 cm³/mol. The quantitative estimate of drug-likeness (QED) is 0.373. The number of likely N-dealkylation sites (tertiary alicyclic amines) is 2. The van der Waals surface area contributed by atoms with Gasteiger partial charge in [0.25, 0.3) is 0 Å². The first-order chi connectivity index (χ1) is 17.6. The molecule has 0 unspecified atom stereocenters. The van der Waals surface area contributed by atoms with E-state index in [0.717, 1.165) is 58.4 Å². The summed E-state index contributed by atoms with van der Waals surface area (Å²) < 4.78 is 2.85. The SMILES string of the molecule is N#CCC1(n2cc(-c3ncnc4[nH]ccc34)cn2)CN(C2CCN(C(=O)Nc3cscc3Br)CC2)C1. The first kappa shape index (κ1) is 23.1. The van der Waals surface area contributed by atoms with Crippen molar-refractivity contribution in [2.45, 2.75) is 30.8 Å². The fourth-order valence-electron chi connectivity index (χ4n) is 5.26. The van der Waals surface area contributed by atoms with Gasteiger partial charge in [-0.2, -0.15) is 10.4 Å². The number of hydrogen-bond donors (Lipinski definition) is 2. The molecule has 2 amide bonds. The first-order valence-corrected chi connectivity index (χ1v) is 13.5. The highest BCUT2D eigenvalue weighted by molar-refractivity contribution is 9.10. The Kier molecular flexibility index (Phi) is 5.99. The molecular formula is C24H24BrN9OS. The normalized spacial score (nSPS) is 18.2. The molecule has 2 N–H and O–H groups in total. The summed E-state index contributed by atoms with van der Waals surface area (Å²) >= 11 is 5.01. The summed E-state index contributed by atoms with van der Waals surface area (Å²) in [5.74, 6) is 0. The van der Waals surface area contributed by atoms with Crippen molar-refractivity contribution in [1.82, 2.24) is 34.5 Å². The molecule has 0 spiro atoms. The minimum absolute atomic E-state index is 0.0553. The Morgan fingerprint density at radius 2 is 2.14 bits per heavy atom. The molecule has 0 bridgehead atoms. The fourth-order valence-corrected chi connectivity index (χ4v) is 6.58. The van der Waals surface area contributed by atoms with Gasteiger partial charge in [0.1, 0.15) is 17.5 Å². The number of nitriles is 1. The molecular weight excluding hydrogens is 542 g/mol. The van der Waals surface area contributed by atoms with Crippen molar-refractivity contribution in [2.24, 2.45) is 0 Å². The monoisotopic (exact) mass is 565 g/mol. The third-order valence-corrected chi connectivity index (χ3v) is 8.93. The Morgan fingerprint density at radius 1 is 1.31 bits per heavy atom. The van der Waals surface area contributed by atoms with Crippen LogP contribution in [0.25, 0.3) is 22.3 Å². The van der Waals surface area contributed by atoms with Crippen LogP contribution in [-0.2, 0) is 5.54 Å². The molecule has 2 fully saturated rings. The lowest BCUT2D eigenvalue weighted by molar-refractivity contribution is -0.0399. The number of nitrogens with one attached hydrogen (secondary N) is 2. The zero-order valence-corrected chi connectivity index (χ0v) is 21.8. The number of carbonyl (C=O) groups excluding carboxylic acids is 1. The number of hydrogen-bond acceptors (Lipinski definition) is 7. The van der Waals surface area contributed by atoms with Crippen molar-refractivity contribution in [1.29, 1.82) is 5.26 Å². The standard InChI is InChI=1S/C24H24BrN9OS/c25-19-11-36-12-20(19)31-23(35)32-7-2-17(3-8-32)33-13-24(14-33,4-5-26)34-10-16(9-30-34)21-18-1-6-27-22(18)29-15-28-21/h1,6,9-12,15,17H,2-4,7-8,13-14H2,(H,31,35)(H,27,28,29). The topological polar surface area (TPSA) is 119 Å². The zero-order valence-electron chi connectivity index (χ0n) is 19.4. The molecule has 6 heterocycles. The maximum Gasteiger partial charge on any atom is 0.321 e. The van der Waals surface area contributed by atoms with Gasteiger partial charge in [0.15, 0.2) is 0 Å². The average Bonchev–Trinajstić information content (AvgIpc) is 3.63. The molecule has 0 saturated carbocycles. The van der Waals surface area contributed by atoms with E-state index < -0.39 is 0 Å². The number of fused-ring (bicyclic) bond motifs is 1. The number of piperidine rings is 1. The van der Waals surface area contributed by atoms with Gasteiger partial charge < -0.3 is 15.2 Å². The van der Waals surface area contributed by atoms with Crippen molar-refractivity contribution in [2.75, 3.05) is 31.5 Å². The molecule has 0 aromatic carbocycles. The van der Waals surface area contributed by atoms with Crippen LogP contribution < -0.4 is 5.32 Å². The Morgan fingerprint density at radius 3 is 2.89 bits per heavy atom. The number of urea groups is 1. The Bertz CT molecular complexity index is 1440. The van der Waals surface area contributed by atoms with E-state index in [1.165, 1.54) is 0 Å². The predicted octanol–water partition coefficient (Wildman–Crippen LogP) is 4.27. The summed E-state index contributed by atoms with van der Waals surface area (Å²) in [5, 5.41) is 22.1. The fraction of sp³-hybridized carbons (Fsp3) is 0.375. The lowest BCUT2D eigenvalue weighted by Crippen LogP contribution is -2.66. The van der Waals surface area contributed by atoms with E-state index in [4.69, 9.17) is 0 Å². The molecule has 0 radical (unpaired) electrons. The Hall–Kier alpha value is -3.27. The zero-order chi connectivity index (χ0) is 24.7. The van der Waals surface area contributed by atoms with Gasteiger partial charge in [-0.1, -0.05) is 0 Å². The minimum Gasteiger partial charge on any atom is -0.346 e. The second-order valence-electron chi connectivity index (χ2n) is 9.38. The van der Waals surface area contributed by atoms with Crippen LogP contribution in [0, 0.1) is 11.3 Å². The molecule has 2 aliphatic heterocycles. The van der Waals surface area contributed by atoms with Crippen LogP contribution in [0.2, 0.25) is 0 Å². The van der Waals surface area contributed by atoms with Crippen LogP contribution in [-0.4, -0.2) is 72.8 Å². The van der Waals surface area contributed by atoms with Crippen molar-refractivity contribution < 1.29 is 4.79 Å². The summed E-state index contributed by atoms with van der Waals surface area (Å²) in [6.07, 6.45) is 9.44. The maximum atomic E-state index is 12.7. The van der Waals surface area contributed by atoms with Crippen LogP contribution in [0.1, 0.15) is 19.3 Å². The molecule has 184 valence electrons. The number of halogens is 1. The van der Waals surface area contributed by atoms with Crippen LogP contribution in [0.5, 0.6) is 0 Å². The molecule has 2 saturated heterocycles. The molecule has 6 rings (SSSR count). The lowest BCUT2D eigenvalue weighted by atomic mass is 9.84. The summed E-state index contributed by atoms with van der Waals surface area (Å²) in [7, 11) is 0. The van der Waals surface area contributed by atoms with Crippen LogP contribution in [0.15, 0.2) is 46.2 Å². The number of thiophene rings is 1. The van der Waals surface area contributed by atoms with E-state index in [-0.39, 0.29) is 11.6 Å². The van der Waals surface area contributed by atoms with Gasteiger partial charge in [-0.3, -0.25) is 9.58 Å². The molecule has 0 aliphatic carbocycles. The van der Waals surface area contributed by atoms with Crippen molar-refractivity contribution >= 4 is 50.0 Å². The van der Waals surface area contributed by atoms with E-state index >= 15 is 0 Å². The van der Waals surface area contributed by atoms with Gasteiger partial charge in [-0.25, -0.2) is 14.8 Å². The third-order valence-electron chi connectivity index (χ3n) is 7.22. The smallest absolute Gasteiger partial charge is 0.321 e. The van der Waals surface area contributed by atoms with Gasteiger partial charge in [-0.05, 0) is 34.8 Å². The second kappa shape index (κ2) is 9.31. The van der Waals surface area contributed by atoms with E-state index in [1.807, 2.05) is 45.0 Å². The van der Waals surface area contributed by atoms with Crippen LogP contribution in [0.4, 0.5) is 10.5 Å². The number of carbonyl (C=O) groups is 1. The van der Waals surface area contributed by atoms with Gasteiger partial charge in [0, 0.05) is 66.3 Å². The number of aromatic amines is 1. The van der Waals surface area contributed by atoms with Crippen LogP contribution >= 0.6 is 27.3 Å². The molecule has 36 heavy (non-hydrogen) atoms. The number of nitrogens with zero attached hydrogens (tertiary/aromatic N) is 7. The Balaban J connectivity index is 1.10. The van der Waals surface area contributed by atoms with E-state index in [9.17, 15) is 10.1 Å². The van der Waals surface area contributed by atoms with Gasteiger partial charge in [0.05, 0.1) is 34.5 Å². The summed E-state index contributed by atoms with van der Waals surface area (Å²) in [4.78, 5) is 28.8. The molecule has 0 atom stereocenters. The largest absolute Gasteiger partial charge is 0.346 e. The van der Waals surface area contributed by atoms with Crippen LogP contribution in [0.3, 0.4) is 0 Å². The molecule has 4 aromatic heterocycles. The summed E-state index contributed by atoms with van der Waals surface area (Å²) in [6, 6.07) is 4.67. The molecule has 12 heteroatoms. The number of aromatic nitrogens is 5. The van der Waals surface area contributed by atoms with Gasteiger partial charge >= 0.3 is 6.03 Å². The molecule has 4 aromatic rings. The number of H-pyrrole nitrogens is 1. The number of amides is 2. The highest BCUT2D eigenvalue weighted by Gasteiger charge is 2.48. The van der Waals surface area contributed by atoms with E-state index in [0.29, 0.717) is 25.6 Å². The first-order valence-electron chi connectivity index (χ1n) is 11.8. The molecule has 2 aliphatic rings. The van der Waals surface area contributed by atoms with Crippen molar-refractivity contribution in [3.63, 3.8) is 0 Å². The van der Waals surface area contributed by atoms with E-state index in [2.05, 4.69) is 52.3 Å². The third kappa shape index (κ3) is 4.07. The minimum atomic E-state index is -0.350. The number of anilines is 1. The number of rotatable bonds is 5. The highest BCUT2D eigenvalue weighted by atomic mass is 79.9. The summed E-state index contributed by atoms with van der Waals surface area (Å²) in [5.41, 5.74) is 2.99. The van der Waals surface area contributed by atoms with Crippen molar-refractivity contribution in [3.8, 4) is 17.3 Å². The van der Waals surface area contributed by atoms with Gasteiger partial charge in [0.2, 0.25) is 0 Å².